The maximum atomic E-state index is 5.56. The van der Waals surface area contributed by atoms with Crippen molar-refractivity contribution >= 4 is 23.8 Å². The van der Waals surface area contributed by atoms with E-state index in [0.717, 1.165) is 67.4 Å². The van der Waals surface area contributed by atoms with E-state index in [1.165, 1.54) is 0 Å². The van der Waals surface area contributed by atoms with Crippen LogP contribution in [0, 0.1) is 0 Å². The lowest BCUT2D eigenvalue weighted by atomic mass is 10.1. The fraction of sp³-hybridized carbons (Fsp3) is 0.0556. The molecule has 6 rings (SSSR count). The van der Waals surface area contributed by atoms with Crippen molar-refractivity contribution in [2.24, 2.45) is 9.98 Å². The number of benzene rings is 2. The highest BCUT2D eigenvalue weighted by atomic mass is 16.5. The summed E-state index contributed by atoms with van der Waals surface area (Å²) >= 11 is 0. The van der Waals surface area contributed by atoms with E-state index in [2.05, 4.69) is 48.5 Å². The van der Waals surface area contributed by atoms with Gasteiger partial charge in [0, 0.05) is 34.7 Å². The van der Waals surface area contributed by atoms with Gasteiger partial charge in [-0.3, -0.25) is 9.98 Å². The molecular formula is C36H28N2O2. The summed E-state index contributed by atoms with van der Waals surface area (Å²) in [4.78, 5) is 9.44. The molecule has 0 N–H and O–H groups in total. The number of hydrogen-bond acceptors (Lipinski definition) is 4. The lowest BCUT2D eigenvalue weighted by molar-refractivity contribution is 0.418. The molecule has 2 aromatic carbocycles. The molecule has 0 radical (unpaired) electrons. The SMILES string of the molecule is COc1cc(C=Nc2ccc(-c3ccc(N=Cc4cc(OC)c5cccccc4-5)cc3)cc2)c2cccccc1-2. The minimum atomic E-state index is 0.854. The molecule has 0 bridgehead atoms. The summed E-state index contributed by atoms with van der Waals surface area (Å²) in [5.74, 6) is 1.71. The van der Waals surface area contributed by atoms with Crippen molar-refractivity contribution in [1.29, 1.82) is 0 Å². The maximum absolute atomic E-state index is 5.56. The van der Waals surface area contributed by atoms with E-state index < -0.39 is 0 Å². The summed E-state index contributed by atoms with van der Waals surface area (Å²) in [6.45, 7) is 0. The lowest BCUT2D eigenvalue weighted by Crippen LogP contribution is -1.81. The Morgan fingerprint density at radius 3 is 1.20 bits per heavy atom. The Bertz CT molecular complexity index is 1620. The van der Waals surface area contributed by atoms with Crippen LogP contribution in [0.15, 0.2) is 131 Å². The van der Waals surface area contributed by atoms with Gasteiger partial charge in [-0.05, 0) is 58.7 Å². The van der Waals surface area contributed by atoms with E-state index in [-0.39, 0.29) is 0 Å². The second kappa shape index (κ2) is 11.3. The molecule has 4 aliphatic carbocycles. The molecule has 0 saturated heterocycles. The predicted molar refractivity (Wildman–Crippen MR) is 166 cm³/mol. The third-order valence-corrected chi connectivity index (χ3v) is 7.02. The predicted octanol–water partition coefficient (Wildman–Crippen LogP) is 9.08. The number of ether oxygens (including phenoxy) is 2. The molecule has 4 heteroatoms. The summed E-state index contributed by atoms with van der Waals surface area (Å²) in [5, 5.41) is 0. The molecule has 0 atom stereocenters. The Balaban J connectivity index is 1.17. The molecule has 0 unspecified atom stereocenters. The highest BCUT2D eigenvalue weighted by Crippen LogP contribution is 2.38. The van der Waals surface area contributed by atoms with Crippen LogP contribution in [0.25, 0.3) is 33.4 Å². The number of fused-ring (bicyclic) bond motifs is 2. The average molecular weight is 521 g/mol. The number of rotatable bonds is 7. The molecule has 0 amide bonds. The van der Waals surface area contributed by atoms with Crippen molar-refractivity contribution in [2.45, 2.75) is 0 Å². The maximum Gasteiger partial charge on any atom is 0.127 e. The zero-order chi connectivity index (χ0) is 27.3. The Labute approximate surface area is 234 Å². The van der Waals surface area contributed by atoms with Gasteiger partial charge in [0.15, 0.2) is 0 Å². The van der Waals surface area contributed by atoms with Crippen LogP contribution in [-0.2, 0) is 0 Å². The van der Waals surface area contributed by atoms with E-state index in [1.807, 2.05) is 85.2 Å². The number of aliphatic imine (C=N–C) groups is 2. The summed E-state index contributed by atoms with van der Waals surface area (Å²) in [6.07, 6.45) is 3.80. The minimum absolute atomic E-state index is 0.854. The Hall–Kier alpha value is -5.22. The van der Waals surface area contributed by atoms with Gasteiger partial charge in [-0.15, -0.1) is 0 Å². The Morgan fingerprint density at radius 2 is 0.825 bits per heavy atom. The largest absolute Gasteiger partial charge is 0.496 e. The topological polar surface area (TPSA) is 43.2 Å². The third kappa shape index (κ3) is 5.07. The summed E-state index contributed by atoms with van der Waals surface area (Å²) < 4.78 is 11.1. The second-order valence-corrected chi connectivity index (χ2v) is 9.42. The first-order valence-corrected chi connectivity index (χ1v) is 13.1. The molecule has 194 valence electrons. The van der Waals surface area contributed by atoms with Crippen molar-refractivity contribution in [3.8, 4) is 44.9 Å². The van der Waals surface area contributed by atoms with E-state index in [9.17, 15) is 0 Å². The smallest absolute Gasteiger partial charge is 0.127 e. The van der Waals surface area contributed by atoms with Gasteiger partial charge in [0.25, 0.3) is 0 Å². The van der Waals surface area contributed by atoms with Crippen LogP contribution in [0.2, 0.25) is 0 Å². The third-order valence-electron chi connectivity index (χ3n) is 7.02. The van der Waals surface area contributed by atoms with Crippen LogP contribution in [-0.4, -0.2) is 26.6 Å². The van der Waals surface area contributed by atoms with Gasteiger partial charge in [0.2, 0.25) is 0 Å². The quantitative estimate of drug-likeness (QED) is 0.197. The van der Waals surface area contributed by atoms with E-state index in [0.29, 0.717) is 0 Å². The summed E-state index contributed by atoms with van der Waals surface area (Å²) in [5.41, 5.74) is 10.5. The molecule has 0 aromatic heterocycles. The molecule has 0 spiro atoms. The number of hydrogen-bond donors (Lipinski definition) is 0. The van der Waals surface area contributed by atoms with Crippen molar-refractivity contribution in [3.63, 3.8) is 0 Å². The first-order valence-electron chi connectivity index (χ1n) is 13.1. The van der Waals surface area contributed by atoms with Gasteiger partial charge in [0.05, 0.1) is 25.6 Å². The van der Waals surface area contributed by atoms with Gasteiger partial charge in [-0.25, -0.2) is 0 Å². The first-order chi connectivity index (χ1) is 19.7. The molecule has 0 fully saturated rings. The van der Waals surface area contributed by atoms with E-state index in [4.69, 9.17) is 19.5 Å². The van der Waals surface area contributed by atoms with E-state index in [1.54, 1.807) is 14.2 Å². The van der Waals surface area contributed by atoms with Crippen LogP contribution in [0.3, 0.4) is 0 Å². The monoisotopic (exact) mass is 520 g/mol. The van der Waals surface area contributed by atoms with Gasteiger partial charge in [0.1, 0.15) is 11.5 Å². The zero-order valence-corrected chi connectivity index (χ0v) is 22.4. The first kappa shape index (κ1) is 25.1. The van der Waals surface area contributed by atoms with Crippen molar-refractivity contribution in [3.05, 3.63) is 132 Å². The molecule has 0 heterocycles. The number of nitrogens with zero attached hydrogens (tertiary/aromatic N) is 2. The fourth-order valence-electron chi connectivity index (χ4n) is 4.94. The highest BCUT2D eigenvalue weighted by molar-refractivity contribution is 5.97. The van der Waals surface area contributed by atoms with Crippen molar-refractivity contribution < 1.29 is 9.47 Å². The van der Waals surface area contributed by atoms with Crippen molar-refractivity contribution in [2.75, 3.05) is 14.2 Å². The van der Waals surface area contributed by atoms with Crippen LogP contribution in [0.1, 0.15) is 11.1 Å². The molecule has 4 aliphatic rings. The van der Waals surface area contributed by atoms with Gasteiger partial charge < -0.3 is 9.47 Å². The molecule has 0 saturated carbocycles. The van der Waals surface area contributed by atoms with Crippen molar-refractivity contribution in [1.82, 2.24) is 0 Å². The number of methoxy groups -OCH3 is 2. The molecular weight excluding hydrogens is 492 g/mol. The van der Waals surface area contributed by atoms with Crippen LogP contribution < -0.4 is 9.47 Å². The van der Waals surface area contributed by atoms with Crippen LogP contribution in [0.5, 0.6) is 11.5 Å². The molecule has 2 aromatic rings. The Morgan fingerprint density at radius 1 is 0.450 bits per heavy atom. The molecule has 0 aliphatic heterocycles. The molecule has 40 heavy (non-hydrogen) atoms. The van der Waals surface area contributed by atoms with E-state index >= 15 is 0 Å². The van der Waals surface area contributed by atoms with Gasteiger partial charge in [-0.1, -0.05) is 84.9 Å². The van der Waals surface area contributed by atoms with Crippen LogP contribution >= 0.6 is 0 Å². The summed E-state index contributed by atoms with van der Waals surface area (Å²) in [7, 11) is 3.39. The fourth-order valence-corrected chi connectivity index (χ4v) is 4.94. The second-order valence-electron chi connectivity index (χ2n) is 9.42. The normalized spacial score (nSPS) is 11.6. The zero-order valence-electron chi connectivity index (χ0n) is 22.4. The lowest BCUT2D eigenvalue weighted by Gasteiger charge is -2.03. The summed E-state index contributed by atoms with van der Waals surface area (Å²) in [6, 6.07) is 41.0. The van der Waals surface area contributed by atoms with Crippen LogP contribution in [0.4, 0.5) is 11.4 Å². The standard InChI is InChI=1S/C36H28N2O2/c1-39-35-21-27(31-9-5-3-7-11-33(31)35)23-37-29-17-13-25(14-18-29)26-15-19-30(20-16-26)38-24-28-22-36(40-2)34-12-8-4-6-10-32(28)34/h3-24H,1-2H3. The molecule has 4 nitrogen and oxygen atoms in total. The van der Waals surface area contributed by atoms with Gasteiger partial charge in [-0.2, -0.15) is 0 Å². The Kier molecular flexibility index (Phi) is 7.06. The van der Waals surface area contributed by atoms with Gasteiger partial charge >= 0.3 is 0 Å². The highest BCUT2D eigenvalue weighted by Gasteiger charge is 2.15. The average Bonchev–Trinajstić information content (AvgIpc) is 3.24. The minimum Gasteiger partial charge on any atom is -0.496 e.